The van der Waals surface area contributed by atoms with Gasteiger partial charge in [0.05, 0.1) is 12.1 Å². The first kappa shape index (κ1) is 22.5. The van der Waals surface area contributed by atoms with Crippen molar-refractivity contribution in [2.45, 2.75) is 13.0 Å². The normalized spacial score (nSPS) is 10.7. The molecule has 0 atom stereocenters. The van der Waals surface area contributed by atoms with Gasteiger partial charge >= 0.3 is 0 Å². The standard InChI is InChI=1S/C23H26N4O3S/c1-27(2)11-12-30-20-10-6-7-17(13-20)15-24-21(28)14-19-16-31-23(25-19)26-22(29)18-8-4-3-5-9-18/h3-10,13,16H,11-12,14-15H2,1-2H3,(H,24,28)(H,25,26,29). The Kier molecular flexibility index (Phi) is 8.14. The van der Waals surface area contributed by atoms with Gasteiger partial charge in [-0.3, -0.25) is 14.9 Å². The molecule has 31 heavy (non-hydrogen) atoms. The lowest BCUT2D eigenvalue weighted by atomic mass is 10.2. The van der Waals surface area contributed by atoms with Gasteiger partial charge < -0.3 is 15.0 Å². The number of anilines is 1. The monoisotopic (exact) mass is 438 g/mol. The molecule has 0 aliphatic carbocycles. The molecule has 0 bridgehead atoms. The van der Waals surface area contributed by atoms with Crippen molar-refractivity contribution in [2.75, 3.05) is 32.6 Å². The highest BCUT2D eigenvalue weighted by Crippen LogP contribution is 2.17. The number of hydrogen-bond acceptors (Lipinski definition) is 6. The highest BCUT2D eigenvalue weighted by molar-refractivity contribution is 7.14. The summed E-state index contributed by atoms with van der Waals surface area (Å²) in [4.78, 5) is 30.9. The lowest BCUT2D eigenvalue weighted by molar-refractivity contribution is -0.120. The third-order valence-corrected chi connectivity index (χ3v) is 5.15. The molecule has 2 amide bonds. The molecule has 162 valence electrons. The van der Waals surface area contributed by atoms with Crippen molar-refractivity contribution >= 4 is 28.3 Å². The van der Waals surface area contributed by atoms with Crippen LogP contribution >= 0.6 is 11.3 Å². The molecule has 0 saturated heterocycles. The molecular weight excluding hydrogens is 412 g/mol. The van der Waals surface area contributed by atoms with Crippen LogP contribution in [0.1, 0.15) is 21.6 Å². The van der Waals surface area contributed by atoms with E-state index in [-0.39, 0.29) is 18.2 Å². The van der Waals surface area contributed by atoms with Crippen LogP contribution in [0, 0.1) is 0 Å². The predicted octanol–water partition coefficient (Wildman–Crippen LogP) is 3.19. The minimum Gasteiger partial charge on any atom is -0.492 e. The van der Waals surface area contributed by atoms with Gasteiger partial charge in [-0.15, -0.1) is 11.3 Å². The number of aromatic nitrogens is 1. The maximum absolute atomic E-state index is 12.3. The number of nitrogens with zero attached hydrogens (tertiary/aromatic N) is 2. The van der Waals surface area contributed by atoms with Crippen LogP contribution in [0.2, 0.25) is 0 Å². The lowest BCUT2D eigenvalue weighted by Gasteiger charge is -2.12. The molecule has 0 radical (unpaired) electrons. The molecular formula is C23H26N4O3S. The van der Waals surface area contributed by atoms with E-state index in [0.717, 1.165) is 17.9 Å². The van der Waals surface area contributed by atoms with E-state index in [0.29, 0.717) is 29.5 Å². The summed E-state index contributed by atoms with van der Waals surface area (Å²) < 4.78 is 5.73. The van der Waals surface area contributed by atoms with E-state index in [1.807, 2.05) is 44.4 Å². The Morgan fingerprint density at radius 2 is 1.90 bits per heavy atom. The van der Waals surface area contributed by atoms with Crippen molar-refractivity contribution in [1.82, 2.24) is 15.2 Å². The number of benzene rings is 2. The van der Waals surface area contributed by atoms with Crippen LogP contribution in [0.4, 0.5) is 5.13 Å². The van der Waals surface area contributed by atoms with E-state index >= 15 is 0 Å². The van der Waals surface area contributed by atoms with Crippen LogP contribution in [0.3, 0.4) is 0 Å². The molecule has 0 unspecified atom stereocenters. The van der Waals surface area contributed by atoms with Crippen molar-refractivity contribution < 1.29 is 14.3 Å². The van der Waals surface area contributed by atoms with Gasteiger partial charge in [0.1, 0.15) is 12.4 Å². The average molecular weight is 439 g/mol. The molecule has 2 N–H and O–H groups in total. The molecule has 3 rings (SSSR count). The van der Waals surface area contributed by atoms with E-state index < -0.39 is 0 Å². The van der Waals surface area contributed by atoms with Crippen LogP contribution in [0.25, 0.3) is 0 Å². The molecule has 8 heteroatoms. The number of carbonyl (C=O) groups is 2. The summed E-state index contributed by atoms with van der Waals surface area (Å²) in [5.41, 5.74) is 2.14. The summed E-state index contributed by atoms with van der Waals surface area (Å²) >= 11 is 1.30. The Balaban J connectivity index is 1.45. The van der Waals surface area contributed by atoms with E-state index in [4.69, 9.17) is 4.74 Å². The summed E-state index contributed by atoms with van der Waals surface area (Å²) in [6.07, 6.45) is 0.150. The van der Waals surface area contributed by atoms with Crippen molar-refractivity contribution in [2.24, 2.45) is 0 Å². The van der Waals surface area contributed by atoms with Gasteiger partial charge in [0.25, 0.3) is 5.91 Å². The molecule has 2 aromatic carbocycles. The zero-order valence-electron chi connectivity index (χ0n) is 17.6. The van der Waals surface area contributed by atoms with E-state index in [9.17, 15) is 9.59 Å². The fourth-order valence-corrected chi connectivity index (χ4v) is 3.43. The zero-order valence-corrected chi connectivity index (χ0v) is 18.4. The van der Waals surface area contributed by atoms with Crippen molar-refractivity contribution in [3.63, 3.8) is 0 Å². The lowest BCUT2D eigenvalue weighted by Crippen LogP contribution is -2.24. The third kappa shape index (κ3) is 7.51. The average Bonchev–Trinajstić information content (AvgIpc) is 3.19. The molecule has 3 aromatic rings. The maximum Gasteiger partial charge on any atom is 0.257 e. The Morgan fingerprint density at radius 1 is 1.10 bits per heavy atom. The molecule has 0 saturated carbocycles. The van der Waals surface area contributed by atoms with Crippen molar-refractivity contribution in [1.29, 1.82) is 0 Å². The van der Waals surface area contributed by atoms with E-state index in [2.05, 4.69) is 20.5 Å². The summed E-state index contributed by atoms with van der Waals surface area (Å²) in [7, 11) is 4.00. The highest BCUT2D eigenvalue weighted by atomic mass is 32.1. The number of hydrogen-bond donors (Lipinski definition) is 2. The fraction of sp³-hybridized carbons (Fsp3) is 0.261. The van der Waals surface area contributed by atoms with Gasteiger partial charge in [0, 0.05) is 24.0 Å². The van der Waals surface area contributed by atoms with Gasteiger partial charge in [0.15, 0.2) is 5.13 Å². The number of likely N-dealkylation sites (N-methyl/N-ethyl adjacent to an activating group) is 1. The summed E-state index contributed by atoms with van der Waals surface area (Å²) in [6.45, 7) is 1.85. The predicted molar refractivity (Wildman–Crippen MR) is 123 cm³/mol. The third-order valence-electron chi connectivity index (χ3n) is 4.35. The Hall–Kier alpha value is -3.23. The number of nitrogens with one attached hydrogen (secondary N) is 2. The molecule has 7 nitrogen and oxygen atoms in total. The molecule has 0 aliphatic rings. The summed E-state index contributed by atoms with van der Waals surface area (Å²) in [6, 6.07) is 16.6. The van der Waals surface area contributed by atoms with E-state index in [1.54, 1.807) is 29.6 Å². The number of ether oxygens (including phenoxy) is 1. The quantitative estimate of drug-likeness (QED) is 0.508. The Labute approximate surface area is 186 Å². The molecule has 1 heterocycles. The van der Waals surface area contributed by atoms with Gasteiger partial charge in [0.2, 0.25) is 5.91 Å². The first-order valence-corrected chi connectivity index (χ1v) is 10.8. The molecule has 1 aromatic heterocycles. The van der Waals surface area contributed by atoms with Gasteiger partial charge in [-0.25, -0.2) is 4.98 Å². The first-order valence-electron chi connectivity index (χ1n) is 9.93. The minimum atomic E-state index is -0.223. The Bertz CT molecular complexity index is 1000. The summed E-state index contributed by atoms with van der Waals surface area (Å²) in [5, 5.41) is 7.91. The number of carbonyl (C=O) groups excluding carboxylic acids is 2. The second-order valence-corrected chi connectivity index (χ2v) is 8.07. The molecule has 0 fully saturated rings. The van der Waals surface area contributed by atoms with E-state index in [1.165, 1.54) is 11.3 Å². The fourth-order valence-electron chi connectivity index (χ4n) is 2.72. The first-order chi connectivity index (χ1) is 15.0. The van der Waals surface area contributed by atoms with Crippen LogP contribution in [0.5, 0.6) is 5.75 Å². The minimum absolute atomic E-state index is 0.134. The van der Waals surface area contributed by atoms with Gasteiger partial charge in [-0.2, -0.15) is 0 Å². The summed E-state index contributed by atoms with van der Waals surface area (Å²) in [5.74, 6) is 0.427. The largest absolute Gasteiger partial charge is 0.492 e. The van der Waals surface area contributed by atoms with Crippen LogP contribution in [-0.4, -0.2) is 48.9 Å². The maximum atomic E-state index is 12.3. The second kappa shape index (κ2) is 11.2. The second-order valence-electron chi connectivity index (χ2n) is 7.22. The molecule has 0 aliphatic heterocycles. The van der Waals surface area contributed by atoms with Crippen LogP contribution in [0.15, 0.2) is 60.0 Å². The van der Waals surface area contributed by atoms with Crippen LogP contribution in [-0.2, 0) is 17.8 Å². The number of thiazole rings is 1. The van der Waals surface area contributed by atoms with Gasteiger partial charge in [-0.1, -0.05) is 30.3 Å². The topological polar surface area (TPSA) is 83.6 Å². The van der Waals surface area contributed by atoms with Crippen molar-refractivity contribution in [3.8, 4) is 5.75 Å². The van der Waals surface area contributed by atoms with Crippen LogP contribution < -0.4 is 15.4 Å². The van der Waals surface area contributed by atoms with Gasteiger partial charge in [-0.05, 0) is 43.9 Å². The van der Waals surface area contributed by atoms with Crippen molar-refractivity contribution in [3.05, 3.63) is 76.8 Å². The zero-order chi connectivity index (χ0) is 22.1. The number of rotatable bonds is 10. The number of amides is 2. The smallest absolute Gasteiger partial charge is 0.257 e. The molecule has 0 spiro atoms. The Morgan fingerprint density at radius 3 is 2.68 bits per heavy atom. The SMILES string of the molecule is CN(C)CCOc1cccc(CNC(=O)Cc2csc(NC(=O)c3ccccc3)n2)c1. The highest BCUT2D eigenvalue weighted by Gasteiger charge is 2.11.